The van der Waals surface area contributed by atoms with Gasteiger partial charge < -0.3 is 0 Å². The third-order valence-electron chi connectivity index (χ3n) is 4.80. The Bertz CT molecular complexity index is 925. The first-order chi connectivity index (χ1) is 12.6. The van der Waals surface area contributed by atoms with Crippen molar-refractivity contribution < 1.29 is 4.79 Å². The zero-order chi connectivity index (χ0) is 18.1. The number of hydrogen-bond donors (Lipinski definition) is 1. The van der Waals surface area contributed by atoms with E-state index in [4.69, 9.17) is 0 Å². The van der Waals surface area contributed by atoms with E-state index in [-0.39, 0.29) is 11.9 Å². The molecule has 1 saturated carbocycles. The molecule has 1 aliphatic carbocycles. The van der Waals surface area contributed by atoms with Crippen LogP contribution in [0.1, 0.15) is 73.3 Å². The summed E-state index contributed by atoms with van der Waals surface area (Å²) in [5.74, 6) is 0.273. The zero-order valence-electron chi connectivity index (χ0n) is 15.0. The second-order valence-corrected chi connectivity index (χ2v) is 8.06. The van der Waals surface area contributed by atoms with Crippen LogP contribution in [0.3, 0.4) is 0 Å². The number of pyridine rings is 1. The summed E-state index contributed by atoms with van der Waals surface area (Å²) in [6.07, 6.45) is 9.48. The third kappa shape index (κ3) is 3.33. The van der Waals surface area contributed by atoms with Crippen molar-refractivity contribution in [2.75, 3.05) is 5.32 Å². The van der Waals surface area contributed by atoms with Crippen LogP contribution in [0.5, 0.6) is 0 Å². The SMILES string of the molecule is CC(C)n1ncc2cc(C(=O)Nc3nnc(C4CCCCC4)s3)cnc21. The molecule has 0 spiro atoms. The lowest BCUT2D eigenvalue weighted by Gasteiger charge is -2.18. The van der Waals surface area contributed by atoms with Gasteiger partial charge >= 0.3 is 0 Å². The number of carbonyl (C=O) groups excluding carboxylic acids is 1. The number of hydrogen-bond acceptors (Lipinski definition) is 6. The summed E-state index contributed by atoms with van der Waals surface area (Å²) in [5, 5.41) is 18.1. The van der Waals surface area contributed by atoms with Gasteiger partial charge in [-0.25, -0.2) is 9.67 Å². The summed E-state index contributed by atoms with van der Waals surface area (Å²) in [4.78, 5) is 17.0. The van der Waals surface area contributed by atoms with Crippen molar-refractivity contribution in [1.29, 1.82) is 0 Å². The van der Waals surface area contributed by atoms with Crippen molar-refractivity contribution in [2.24, 2.45) is 0 Å². The van der Waals surface area contributed by atoms with Gasteiger partial charge in [0, 0.05) is 23.5 Å². The van der Waals surface area contributed by atoms with Gasteiger partial charge in [0.15, 0.2) is 5.65 Å². The van der Waals surface area contributed by atoms with E-state index >= 15 is 0 Å². The summed E-state index contributed by atoms with van der Waals surface area (Å²) in [6, 6.07) is 2.03. The summed E-state index contributed by atoms with van der Waals surface area (Å²) >= 11 is 1.48. The summed E-state index contributed by atoms with van der Waals surface area (Å²) in [5.41, 5.74) is 1.28. The summed E-state index contributed by atoms with van der Waals surface area (Å²) in [7, 11) is 0. The molecule has 3 aromatic heterocycles. The van der Waals surface area contributed by atoms with E-state index in [2.05, 4.69) is 25.6 Å². The molecule has 1 amide bonds. The van der Waals surface area contributed by atoms with E-state index in [0.717, 1.165) is 16.0 Å². The Morgan fingerprint density at radius 3 is 2.81 bits per heavy atom. The topological polar surface area (TPSA) is 85.6 Å². The Morgan fingerprint density at radius 2 is 2.04 bits per heavy atom. The van der Waals surface area contributed by atoms with Crippen LogP contribution < -0.4 is 5.32 Å². The maximum atomic E-state index is 12.5. The van der Waals surface area contributed by atoms with Gasteiger partial charge in [0.05, 0.1) is 11.8 Å². The van der Waals surface area contributed by atoms with E-state index < -0.39 is 0 Å². The molecule has 0 radical (unpaired) electrons. The highest BCUT2D eigenvalue weighted by Gasteiger charge is 2.20. The molecule has 1 N–H and O–H groups in total. The quantitative estimate of drug-likeness (QED) is 0.745. The van der Waals surface area contributed by atoms with Crippen molar-refractivity contribution in [3.63, 3.8) is 0 Å². The van der Waals surface area contributed by atoms with Crippen molar-refractivity contribution in [2.45, 2.75) is 57.9 Å². The molecule has 3 aromatic rings. The third-order valence-corrected chi connectivity index (χ3v) is 5.80. The molecule has 1 aliphatic rings. The summed E-state index contributed by atoms with van der Waals surface area (Å²) < 4.78 is 1.85. The molecular formula is C18H22N6OS. The van der Waals surface area contributed by atoms with Crippen molar-refractivity contribution in [3.8, 4) is 0 Å². The normalized spacial score (nSPS) is 15.7. The average molecular weight is 370 g/mol. The maximum absolute atomic E-state index is 12.5. The van der Waals surface area contributed by atoms with Crippen molar-refractivity contribution >= 4 is 33.4 Å². The minimum Gasteiger partial charge on any atom is -0.296 e. The van der Waals surface area contributed by atoms with E-state index in [0.29, 0.717) is 16.6 Å². The highest BCUT2D eigenvalue weighted by molar-refractivity contribution is 7.15. The molecule has 0 saturated heterocycles. The van der Waals surface area contributed by atoms with Gasteiger partial charge in [-0.3, -0.25) is 10.1 Å². The first-order valence-electron chi connectivity index (χ1n) is 9.10. The molecule has 4 rings (SSSR count). The van der Waals surface area contributed by atoms with Crippen LogP contribution in [-0.4, -0.2) is 30.9 Å². The molecule has 7 nitrogen and oxygen atoms in total. The highest BCUT2D eigenvalue weighted by atomic mass is 32.1. The number of anilines is 1. The Balaban J connectivity index is 1.49. The molecule has 0 unspecified atom stereocenters. The molecule has 0 bridgehead atoms. The van der Waals surface area contributed by atoms with Gasteiger partial charge in [-0.1, -0.05) is 30.6 Å². The van der Waals surface area contributed by atoms with Crippen LogP contribution >= 0.6 is 11.3 Å². The predicted octanol–water partition coefficient (Wildman–Crippen LogP) is 4.16. The Kier molecular flexibility index (Phi) is 4.67. The van der Waals surface area contributed by atoms with Gasteiger partial charge in [0.25, 0.3) is 5.91 Å². The molecule has 136 valence electrons. The zero-order valence-corrected chi connectivity index (χ0v) is 15.8. The van der Waals surface area contributed by atoms with Crippen LogP contribution in [0.4, 0.5) is 5.13 Å². The second kappa shape index (κ2) is 7.11. The molecule has 0 atom stereocenters. The molecule has 0 aromatic carbocycles. The van der Waals surface area contributed by atoms with Crippen molar-refractivity contribution in [3.05, 3.63) is 29.0 Å². The molecule has 1 fully saturated rings. The van der Waals surface area contributed by atoms with Crippen LogP contribution in [0, 0.1) is 0 Å². The first kappa shape index (κ1) is 17.1. The predicted molar refractivity (Wildman–Crippen MR) is 102 cm³/mol. The monoisotopic (exact) mass is 370 g/mol. The van der Waals surface area contributed by atoms with Crippen LogP contribution in [0.15, 0.2) is 18.5 Å². The number of nitrogens with one attached hydrogen (secondary N) is 1. The number of carbonyl (C=O) groups is 1. The van der Waals surface area contributed by atoms with Gasteiger partial charge in [-0.15, -0.1) is 10.2 Å². The molecule has 8 heteroatoms. The fourth-order valence-electron chi connectivity index (χ4n) is 3.41. The standard InChI is InChI=1S/C18H22N6OS/c1-11(2)24-15-13(10-20-24)8-14(9-19-15)16(25)21-18-23-22-17(26-18)12-6-4-3-5-7-12/h8-12H,3-7H2,1-2H3,(H,21,23,25). The lowest BCUT2D eigenvalue weighted by molar-refractivity contribution is 0.102. The fraction of sp³-hybridized carbons (Fsp3) is 0.500. The van der Waals surface area contributed by atoms with Crippen LogP contribution in [0.25, 0.3) is 11.0 Å². The van der Waals surface area contributed by atoms with E-state index in [1.165, 1.54) is 43.4 Å². The summed E-state index contributed by atoms with van der Waals surface area (Å²) in [6.45, 7) is 4.10. The van der Waals surface area contributed by atoms with E-state index in [9.17, 15) is 4.79 Å². The first-order valence-corrected chi connectivity index (χ1v) is 9.91. The van der Waals surface area contributed by atoms with Gasteiger partial charge in [-0.2, -0.15) is 5.10 Å². The second-order valence-electron chi connectivity index (χ2n) is 7.05. The minimum absolute atomic E-state index is 0.219. The lowest BCUT2D eigenvalue weighted by atomic mass is 9.90. The molecular weight excluding hydrogens is 348 g/mol. The smallest absolute Gasteiger partial charge is 0.259 e. The number of rotatable bonds is 4. The number of nitrogens with zero attached hydrogens (tertiary/aromatic N) is 5. The lowest BCUT2D eigenvalue weighted by Crippen LogP contribution is -2.12. The average Bonchev–Trinajstić information content (AvgIpc) is 3.28. The minimum atomic E-state index is -0.219. The van der Waals surface area contributed by atoms with E-state index in [1.54, 1.807) is 12.4 Å². The fourth-order valence-corrected chi connectivity index (χ4v) is 4.32. The number of amides is 1. The molecule has 26 heavy (non-hydrogen) atoms. The van der Waals surface area contributed by atoms with E-state index in [1.807, 2.05) is 24.6 Å². The Labute approximate surface area is 155 Å². The van der Waals surface area contributed by atoms with Crippen molar-refractivity contribution in [1.82, 2.24) is 25.0 Å². The Hall–Kier alpha value is -2.35. The van der Waals surface area contributed by atoms with Gasteiger partial charge in [0.2, 0.25) is 5.13 Å². The van der Waals surface area contributed by atoms with Crippen LogP contribution in [0.2, 0.25) is 0 Å². The van der Waals surface area contributed by atoms with Crippen LogP contribution in [-0.2, 0) is 0 Å². The largest absolute Gasteiger partial charge is 0.296 e. The maximum Gasteiger partial charge on any atom is 0.259 e. The highest BCUT2D eigenvalue weighted by Crippen LogP contribution is 2.35. The van der Waals surface area contributed by atoms with Gasteiger partial charge in [0.1, 0.15) is 5.01 Å². The molecule has 0 aliphatic heterocycles. The Morgan fingerprint density at radius 1 is 1.23 bits per heavy atom. The molecule has 3 heterocycles. The number of aromatic nitrogens is 5. The van der Waals surface area contributed by atoms with Gasteiger partial charge in [-0.05, 0) is 32.8 Å². The number of fused-ring (bicyclic) bond motifs is 1.